The van der Waals surface area contributed by atoms with Crippen LogP contribution in [-0.4, -0.2) is 38.4 Å². The van der Waals surface area contributed by atoms with E-state index in [0.717, 1.165) is 0 Å². The molecule has 0 aromatic heterocycles. The molecule has 0 saturated heterocycles. The molecular weight excluding hydrogens is 350 g/mol. The predicted molar refractivity (Wildman–Crippen MR) is 85.7 cm³/mol. The summed E-state index contributed by atoms with van der Waals surface area (Å²) in [7, 11) is 0. The Morgan fingerprint density at radius 3 is 1.35 bits per heavy atom. The standard InChI is InChI=1S/C18H16F2O6/c19-13-1-5-15(6-2-13)25-11-17(21)23-9-10-24-18(22)12-26-16-7-3-14(20)4-8-16/h1-8H,9-12H2. The molecule has 2 rings (SSSR count). The normalized spacial score (nSPS) is 10.1. The highest BCUT2D eigenvalue weighted by Gasteiger charge is 2.07. The van der Waals surface area contributed by atoms with Gasteiger partial charge in [0, 0.05) is 0 Å². The quantitative estimate of drug-likeness (QED) is 0.502. The smallest absolute Gasteiger partial charge is 0.344 e. The molecule has 138 valence electrons. The van der Waals surface area contributed by atoms with Gasteiger partial charge in [-0.1, -0.05) is 0 Å². The number of carbonyl (C=O) groups is 2. The van der Waals surface area contributed by atoms with Gasteiger partial charge in [0.15, 0.2) is 13.2 Å². The molecule has 8 heteroatoms. The summed E-state index contributed by atoms with van der Waals surface area (Å²) in [5, 5.41) is 0. The summed E-state index contributed by atoms with van der Waals surface area (Å²) in [4.78, 5) is 22.9. The Bertz CT molecular complexity index is 652. The van der Waals surface area contributed by atoms with Gasteiger partial charge >= 0.3 is 11.9 Å². The second kappa shape index (κ2) is 9.97. The number of esters is 2. The third-order valence-electron chi connectivity index (χ3n) is 2.95. The van der Waals surface area contributed by atoms with Gasteiger partial charge in [0.25, 0.3) is 0 Å². The lowest BCUT2D eigenvalue weighted by Crippen LogP contribution is -2.21. The summed E-state index contributed by atoms with van der Waals surface area (Å²) in [5.41, 5.74) is 0. The number of rotatable bonds is 9. The van der Waals surface area contributed by atoms with Gasteiger partial charge in [0.05, 0.1) is 0 Å². The van der Waals surface area contributed by atoms with E-state index < -0.39 is 23.6 Å². The minimum absolute atomic E-state index is 0.145. The van der Waals surface area contributed by atoms with Crippen LogP contribution in [0.3, 0.4) is 0 Å². The van der Waals surface area contributed by atoms with E-state index in [0.29, 0.717) is 11.5 Å². The van der Waals surface area contributed by atoms with E-state index >= 15 is 0 Å². The van der Waals surface area contributed by atoms with Crippen LogP contribution >= 0.6 is 0 Å². The van der Waals surface area contributed by atoms with Gasteiger partial charge in [0.2, 0.25) is 0 Å². The lowest BCUT2D eigenvalue weighted by molar-refractivity contribution is -0.154. The molecule has 0 fully saturated rings. The van der Waals surface area contributed by atoms with Crippen LogP contribution in [-0.2, 0) is 19.1 Å². The Labute approximate surface area is 148 Å². The lowest BCUT2D eigenvalue weighted by Gasteiger charge is -2.08. The maximum absolute atomic E-state index is 12.7. The summed E-state index contributed by atoms with van der Waals surface area (Å²) >= 11 is 0. The minimum atomic E-state index is -0.659. The second-order valence-corrected chi connectivity index (χ2v) is 4.93. The third kappa shape index (κ3) is 7.16. The monoisotopic (exact) mass is 366 g/mol. The largest absolute Gasteiger partial charge is 0.482 e. The van der Waals surface area contributed by atoms with Crippen LogP contribution in [0.2, 0.25) is 0 Å². The summed E-state index contributed by atoms with van der Waals surface area (Å²) in [5.74, 6) is -1.49. The van der Waals surface area contributed by atoms with Crippen molar-refractivity contribution >= 4 is 11.9 Å². The van der Waals surface area contributed by atoms with Crippen molar-refractivity contribution in [3.63, 3.8) is 0 Å². The van der Waals surface area contributed by atoms with E-state index in [1.807, 2.05) is 0 Å². The zero-order valence-corrected chi connectivity index (χ0v) is 13.7. The number of hydrogen-bond acceptors (Lipinski definition) is 6. The fourth-order valence-electron chi connectivity index (χ4n) is 1.74. The van der Waals surface area contributed by atoms with Crippen molar-refractivity contribution in [3.8, 4) is 11.5 Å². The topological polar surface area (TPSA) is 71.1 Å². The Balaban J connectivity index is 1.54. The van der Waals surface area contributed by atoms with Crippen molar-refractivity contribution in [1.29, 1.82) is 0 Å². The zero-order chi connectivity index (χ0) is 18.8. The van der Waals surface area contributed by atoms with Crippen LogP contribution in [0, 0.1) is 11.6 Å². The Hall–Kier alpha value is -3.16. The predicted octanol–water partition coefficient (Wildman–Crippen LogP) is 2.51. The Morgan fingerprint density at radius 1 is 0.654 bits per heavy atom. The number of benzene rings is 2. The number of ether oxygens (including phenoxy) is 4. The molecule has 0 saturated carbocycles. The third-order valence-corrected chi connectivity index (χ3v) is 2.95. The maximum atomic E-state index is 12.7. The van der Waals surface area contributed by atoms with Crippen LogP contribution < -0.4 is 9.47 Å². The van der Waals surface area contributed by atoms with Crippen molar-refractivity contribution in [1.82, 2.24) is 0 Å². The van der Waals surface area contributed by atoms with Crippen LogP contribution in [0.5, 0.6) is 11.5 Å². The van der Waals surface area contributed by atoms with E-state index in [1.54, 1.807) is 0 Å². The molecule has 0 radical (unpaired) electrons. The van der Waals surface area contributed by atoms with Crippen LogP contribution in [0.25, 0.3) is 0 Å². The first-order valence-electron chi connectivity index (χ1n) is 7.61. The molecule has 0 atom stereocenters. The molecule has 2 aromatic rings. The first kappa shape index (κ1) is 19.2. The highest BCUT2D eigenvalue weighted by atomic mass is 19.1. The van der Waals surface area contributed by atoms with Crippen molar-refractivity contribution in [3.05, 3.63) is 60.2 Å². The van der Waals surface area contributed by atoms with Crippen LogP contribution in [0.15, 0.2) is 48.5 Å². The molecule has 0 spiro atoms. The second-order valence-electron chi connectivity index (χ2n) is 4.93. The molecule has 0 aliphatic rings. The van der Waals surface area contributed by atoms with Gasteiger partial charge in [-0.05, 0) is 48.5 Å². The van der Waals surface area contributed by atoms with Crippen molar-refractivity contribution < 1.29 is 37.3 Å². The molecule has 26 heavy (non-hydrogen) atoms. The summed E-state index contributed by atoms with van der Waals surface area (Å²) in [6.07, 6.45) is 0. The number of carbonyl (C=O) groups excluding carboxylic acids is 2. The first-order chi connectivity index (χ1) is 12.5. The van der Waals surface area contributed by atoms with E-state index in [-0.39, 0.29) is 26.4 Å². The molecule has 0 amide bonds. The Morgan fingerprint density at radius 2 is 1.00 bits per heavy atom. The van der Waals surface area contributed by atoms with Gasteiger partial charge in [-0.15, -0.1) is 0 Å². The maximum Gasteiger partial charge on any atom is 0.344 e. The molecule has 0 bridgehead atoms. The molecule has 0 N–H and O–H groups in total. The molecule has 0 aliphatic heterocycles. The highest BCUT2D eigenvalue weighted by molar-refractivity contribution is 5.72. The van der Waals surface area contributed by atoms with Crippen LogP contribution in [0.1, 0.15) is 0 Å². The SMILES string of the molecule is O=C(COc1ccc(F)cc1)OCCOC(=O)COc1ccc(F)cc1. The van der Waals surface area contributed by atoms with Crippen molar-refractivity contribution in [2.24, 2.45) is 0 Å². The Kier molecular flexibility index (Phi) is 7.35. The van der Waals surface area contributed by atoms with Gasteiger partial charge in [0.1, 0.15) is 36.3 Å². The summed E-state index contributed by atoms with van der Waals surface area (Å²) in [6.45, 7) is -0.998. The average Bonchev–Trinajstić information content (AvgIpc) is 2.64. The van der Waals surface area contributed by atoms with Crippen molar-refractivity contribution in [2.75, 3.05) is 26.4 Å². The van der Waals surface area contributed by atoms with E-state index in [4.69, 9.17) is 18.9 Å². The first-order valence-corrected chi connectivity index (χ1v) is 7.61. The van der Waals surface area contributed by atoms with E-state index in [2.05, 4.69) is 0 Å². The van der Waals surface area contributed by atoms with E-state index in [9.17, 15) is 18.4 Å². The molecule has 6 nitrogen and oxygen atoms in total. The lowest BCUT2D eigenvalue weighted by atomic mass is 10.3. The molecule has 0 heterocycles. The molecule has 2 aromatic carbocycles. The summed E-state index contributed by atoms with van der Waals surface area (Å²) < 4.78 is 45.3. The van der Waals surface area contributed by atoms with Gasteiger partial charge in [-0.3, -0.25) is 0 Å². The number of hydrogen-bond donors (Lipinski definition) is 0. The van der Waals surface area contributed by atoms with Gasteiger partial charge < -0.3 is 18.9 Å². The van der Waals surface area contributed by atoms with Crippen molar-refractivity contribution in [2.45, 2.75) is 0 Å². The molecular formula is C18H16F2O6. The van der Waals surface area contributed by atoms with Gasteiger partial charge in [-0.2, -0.15) is 0 Å². The fraction of sp³-hybridized carbons (Fsp3) is 0.222. The summed E-state index contributed by atoms with van der Waals surface area (Å²) in [6, 6.07) is 10.3. The van der Waals surface area contributed by atoms with Crippen LogP contribution in [0.4, 0.5) is 8.78 Å². The average molecular weight is 366 g/mol. The minimum Gasteiger partial charge on any atom is -0.482 e. The van der Waals surface area contributed by atoms with Gasteiger partial charge in [-0.25, -0.2) is 18.4 Å². The molecule has 0 aliphatic carbocycles. The highest BCUT2D eigenvalue weighted by Crippen LogP contribution is 2.11. The zero-order valence-electron chi connectivity index (χ0n) is 13.7. The molecule has 0 unspecified atom stereocenters. The van der Waals surface area contributed by atoms with E-state index in [1.165, 1.54) is 48.5 Å². The fourth-order valence-corrected chi connectivity index (χ4v) is 1.74. The number of halogens is 2.